The molecule has 1 aliphatic carbocycles. The fourth-order valence-electron chi connectivity index (χ4n) is 3.06. The summed E-state index contributed by atoms with van der Waals surface area (Å²) >= 11 is 0. The van der Waals surface area contributed by atoms with Crippen LogP contribution in [0.5, 0.6) is 0 Å². The first kappa shape index (κ1) is 12.7. The molecule has 1 heterocycles. The zero-order chi connectivity index (χ0) is 12.5. The molecule has 2 heteroatoms. The summed E-state index contributed by atoms with van der Waals surface area (Å²) in [7, 11) is 0. The Labute approximate surface area is 105 Å². The van der Waals surface area contributed by atoms with Crippen LogP contribution in [0.15, 0.2) is 22.8 Å². The summed E-state index contributed by atoms with van der Waals surface area (Å²) in [4.78, 5) is 0. The van der Waals surface area contributed by atoms with E-state index >= 15 is 0 Å². The molecule has 1 aromatic rings. The van der Waals surface area contributed by atoms with Crippen molar-refractivity contribution in [1.82, 2.24) is 0 Å². The van der Waals surface area contributed by atoms with E-state index in [-0.39, 0.29) is 6.04 Å². The van der Waals surface area contributed by atoms with Gasteiger partial charge in [0.15, 0.2) is 0 Å². The van der Waals surface area contributed by atoms with E-state index in [0.29, 0.717) is 11.3 Å². The fraction of sp³-hybridized carbons (Fsp3) is 0.733. The van der Waals surface area contributed by atoms with E-state index in [1.807, 2.05) is 12.1 Å². The molecular weight excluding hydrogens is 210 g/mol. The minimum Gasteiger partial charge on any atom is -0.468 e. The molecule has 2 N–H and O–H groups in total. The van der Waals surface area contributed by atoms with Gasteiger partial charge in [-0.05, 0) is 55.1 Å². The topological polar surface area (TPSA) is 39.2 Å². The van der Waals surface area contributed by atoms with Crippen LogP contribution in [0.4, 0.5) is 0 Å². The van der Waals surface area contributed by atoms with Crippen LogP contribution < -0.4 is 5.73 Å². The van der Waals surface area contributed by atoms with Gasteiger partial charge in [0.1, 0.15) is 5.76 Å². The largest absolute Gasteiger partial charge is 0.468 e. The lowest BCUT2D eigenvalue weighted by Gasteiger charge is -2.38. The van der Waals surface area contributed by atoms with E-state index in [0.717, 1.165) is 11.7 Å². The Morgan fingerprint density at radius 2 is 1.88 bits per heavy atom. The Morgan fingerprint density at radius 1 is 1.24 bits per heavy atom. The van der Waals surface area contributed by atoms with Crippen LogP contribution in [0.1, 0.15) is 58.3 Å². The predicted octanol–water partition coefficient (Wildman–Crippen LogP) is 4.13. The van der Waals surface area contributed by atoms with Crippen molar-refractivity contribution in [2.24, 2.45) is 23.0 Å². The van der Waals surface area contributed by atoms with Crippen molar-refractivity contribution in [3.05, 3.63) is 24.2 Å². The van der Waals surface area contributed by atoms with Gasteiger partial charge in [0.05, 0.1) is 12.3 Å². The number of nitrogens with two attached hydrogens (primary N) is 1. The van der Waals surface area contributed by atoms with Crippen molar-refractivity contribution in [1.29, 1.82) is 0 Å². The molecule has 1 fully saturated rings. The molecule has 0 radical (unpaired) electrons. The summed E-state index contributed by atoms with van der Waals surface area (Å²) in [5.74, 6) is 2.39. The van der Waals surface area contributed by atoms with Crippen LogP contribution in [-0.2, 0) is 0 Å². The lowest BCUT2D eigenvalue weighted by Crippen LogP contribution is -2.30. The molecular formula is C15H25NO. The Hall–Kier alpha value is -0.760. The number of furan rings is 1. The van der Waals surface area contributed by atoms with Crippen molar-refractivity contribution in [3.63, 3.8) is 0 Å². The first-order chi connectivity index (χ1) is 7.98. The minimum atomic E-state index is 0.0888. The molecule has 0 aliphatic heterocycles. The molecule has 1 saturated carbocycles. The van der Waals surface area contributed by atoms with Gasteiger partial charge in [-0.1, -0.05) is 20.8 Å². The zero-order valence-electron chi connectivity index (χ0n) is 11.3. The van der Waals surface area contributed by atoms with Crippen LogP contribution in [0, 0.1) is 17.3 Å². The van der Waals surface area contributed by atoms with Gasteiger partial charge in [0.2, 0.25) is 0 Å². The molecule has 96 valence electrons. The van der Waals surface area contributed by atoms with Gasteiger partial charge >= 0.3 is 0 Å². The molecule has 1 aliphatic rings. The average molecular weight is 235 g/mol. The molecule has 0 spiro atoms. The number of rotatable bonds is 2. The highest BCUT2D eigenvalue weighted by atomic mass is 16.3. The molecule has 1 atom stereocenters. The average Bonchev–Trinajstić information content (AvgIpc) is 2.80. The fourth-order valence-corrected chi connectivity index (χ4v) is 3.06. The summed E-state index contributed by atoms with van der Waals surface area (Å²) < 4.78 is 5.42. The van der Waals surface area contributed by atoms with E-state index < -0.39 is 0 Å². The second kappa shape index (κ2) is 4.85. The molecule has 1 aromatic heterocycles. The molecule has 2 rings (SSSR count). The smallest absolute Gasteiger partial charge is 0.120 e. The van der Waals surface area contributed by atoms with Crippen LogP contribution in [-0.4, -0.2) is 0 Å². The Balaban J connectivity index is 1.91. The molecule has 0 bridgehead atoms. The highest BCUT2D eigenvalue weighted by molar-refractivity contribution is 5.05. The summed E-state index contributed by atoms with van der Waals surface area (Å²) in [5.41, 5.74) is 6.72. The SMILES string of the molecule is CC(C)(C)C1CCC(C(N)c2ccco2)CC1. The number of hydrogen-bond acceptors (Lipinski definition) is 2. The molecule has 17 heavy (non-hydrogen) atoms. The minimum absolute atomic E-state index is 0.0888. The summed E-state index contributed by atoms with van der Waals surface area (Å²) in [6.07, 6.45) is 6.81. The normalized spacial score (nSPS) is 28.0. The molecule has 0 amide bonds. The molecule has 0 saturated heterocycles. The van der Waals surface area contributed by atoms with Crippen molar-refractivity contribution in [3.8, 4) is 0 Å². The van der Waals surface area contributed by atoms with Gasteiger partial charge in [-0.3, -0.25) is 0 Å². The van der Waals surface area contributed by atoms with Gasteiger partial charge in [-0.15, -0.1) is 0 Å². The third-order valence-corrected chi connectivity index (χ3v) is 4.38. The van der Waals surface area contributed by atoms with Gasteiger partial charge in [-0.25, -0.2) is 0 Å². The van der Waals surface area contributed by atoms with Crippen LogP contribution in [0.25, 0.3) is 0 Å². The molecule has 2 nitrogen and oxygen atoms in total. The van der Waals surface area contributed by atoms with Crippen molar-refractivity contribution >= 4 is 0 Å². The summed E-state index contributed by atoms with van der Waals surface area (Å²) in [5, 5.41) is 0. The predicted molar refractivity (Wildman–Crippen MR) is 70.5 cm³/mol. The maximum absolute atomic E-state index is 6.27. The lowest BCUT2D eigenvalue weighted by atomic mass is 9.68. The Kier molecular flexibility index (Phi) is 3.62. The lowest BCUT2D eigenvalue weighted by molar-refractivity contribution is 0.136. The van der Waals surface area contributed by atoms with E-state index in [9.17, 15) is 0 Å². The Morgan fingerprint density at radius 3 is 2.35 bits per heavy atom. The number of hydrogen-bond donors (Lipinski definition) is 1. The summed E-state index contributed by atoms with van der Waals surface area (Å²) in [6.45, 7) is 7.05. The van der Waals surface area contributed by atoms with Gasteiger partial charge in [0.25, 0.3) is 0 Å². The Bertz CT molecular complexity index is 328. The van der Waals surface area contributed by atoms with E-state index in [1.54, 1.807) is 6.26 Å². The third kappa shape index (κ3) is 2.92. The quantitative estimate of drug-likeness (QED) is 0.837. The first-order valence-corrected chi connectivity index (χ1v) is 6.77. The third-order valence-electron chi connectivity index (χ3n) is 4.38. The van der Waals surface area contributed by atoms with Gasteiger partial charge in [-0.2, -0.15) is 0 Å². The van der Waals surface area contributed by atoms with Crippen molar-refractivity contribution in [2.75, 3.05) is 0 Å². The highest BCUT2D eigenvalue weighted by Gasteiger charge is 2.32. The maximum Gasteiger partial charge on any atom is 0.120 e. The van der Waals surface area contributed by atoms with E-state index in [4.69, 9.17) is 10.2 Å². The standard InChI is InChI=1S/C15H25NO/c1-15(2,3)12-8-6-11(7-9-12)14(16)13-5-4-10-17-13/h4-5,10-12,14H,6-9,16H2,1-3H3. The van der Waals surface area contributed by atoms with Crippen molar-refractivity contribution in [2.45, 2.75) is 52.5 Å². The second-order valence-corrected chi connectivity index (χ2v) is 6.52. The molecule has 1 unspecified atom stereocenters. The van der Waals surface area contributed by atoms with Crippen LogP contribution >= 0.6 is 0 Å². The monoisotopic (exact) mass is 235 g/mol. The zero-order valence-corrected chi connectivity index (χ0v) is 11.3. The van der Waals surface area contributed by atoms with E-state index in [2.05, 4.69) is 20.8 Å². The second-order valence-electron chi connectivity index (χ2n) is 6.52. The van der Waals surface area contributed by atoms with E-state index in [1.165, 1.54) is 25.7 Å². The van der Waals surface area contributed by atoms with Gasteiger partial charge in [0, 0.05) is 0 Å². The maximum atomic E-state index is 6.27. The molecule has 0 aromatic carbocycles. The first-order valence-electron chi connectivity index (χ1n) is 6.77. The van der Waals surface area contributed by atoms with Gasteiger partial charge < -0.3 is 10.2 Å². The van der Waals surface area contributed by atoms with Crippen molar-refractivity contribution < 1.29 is 4.42 Å². The highest BCUT2D eigenvalue weighted by Crippen LogP contribution is 2.42. The van der Waals surface area contributed by atoms with Crippen LogP contribution in [0.2, 0.25) is 0 Å². The van der Waals surface area contributed by atoms with Crippen LogP contribution in [0.3, 0.4) is 0 Å². The summed E-state index contributed by atoms with van der Waals surface area (Å²) in [6, 6.07) is 4.02.